The maximum Gasteiger partial charge on any atom is 0.159 e. The van der Waals surface area contributed by atoms with Gasteiger partial charge in [0.2, 0.25) is 0 Å². The number of nitrogens with zero attached hydrogens (tertiary/aromatic N) is 5. The van der Waals surface area contributed by atoms with Gasteiger partial charge in [-0.15, -0.1) is 0 Å². The van der Waals surface area contributed by atoms with Crippen molar-refractivity contribution in [3.63, 3.8) is 0 Å². The Bertz CT molecular complexity index is 1600. The van der Waals surface area contributed by atoms with Gasteiger partial charge in [-0.1, -0.05) is 6.92 Å². The number of pyridine rings is 3. The zero-order chi connectivity index (χ0) is 23.1. The number of imidazole rings is 1. The van der Waals surface area contributed by atoms with Gasteiger partial charge in [-0.3, -0.25) is 20.1 Å². The Labute approximate surface area is 193 Å². The number of fused-ring (bicyclic) bond motifs is 2. The monoisotopic (exact) mass is 452 g/mol. The minimum atomic E-state index is -0.637. The van der Waals surface area contributed by atoms with Crippen LogP contribution in [0.3, 0.4) is 0 Å². The highest BCUT2D eigenvalue weighted by Crippen LogP contribution is 2.32. The molecule has 168 valence electrons. The van der Waals surface area contributed by atoms with Crippen LogP contribution in [0.5, 0.6) is 0 Å². The molecule has 0 bridgehead atoms. The van der Waals surface area contributed by atoms with Crippen LogP contribution in [0.4, 0.5) is 5.69 Å². The van der Waals surface area contributed by atoms with Crippen LogP contribution in [0, 0.1) is 0 Å². The van der Waals surface area contributed by atoms with Crippen molar-refractivity contribution >= 4 is 27.6 Å². The van der Waals surface area contributed by atoms with Crippen LogP contribution in [-0.2, 0) is 0 Å². The molecule has 0 amide bonds. The minimum absolute atomic E-state index is 0.585. The number of aliphatic hydroxyl groups is 1. The first-order valence-corrected chi connectivity index (χ1v) is 10.8. The maximum absolute atomic E-state index is 9.90. The maximum atomic E-state index is 9.90. The van der Waals surface area contributed by atoms with E-state index in [0.29, 0.717) is 17.9 Å². The molecule has 0 aliphatic rings. The third kappa shape index (κ3) is 3.46. The third-order valence-electron chi connectivity index (χ3n) is 5.65. The van der Waals surface area contributed by atoms with Crippen LogP contribution in [0.1, 0.15) is 13.3 Å². The second-order valence-corrected chi connectivity index (χ2v) is 7.90. The van der Waals surface area contributed by atoms with Crippen LogP contribution in [-0.4, -0.2) is 46.5 Å². The van der Waals surface area contributed by atoms with Crippen molar-refractivity contribution in [3.8, 4) is 33.9 Å². The normalized spacial score (nSPS) is 12.4. The second-order valence-electron chi connectivity index (χ2n) is 7.90. The molecule has 1 atom stereocenters. The molecule has 6 heterocycles. The molecule has 0 aliphatic heterocycles. The molecule has 34 heavy (non-hydrogen) atoms. The van der Waals surface area contributed by atoms with E-state index in [9.17, 15) is 5.11 Å². The van der Waals surface area contributed by atoms with E-state index in [1.807, 2.05) is 25.1 Å². The number of hydrogen-bond acceptors (Lipinski definition) is 8. The molecule has 6 rings (SSSR count). The van der Waals surface area contributed by atoms with Crippen molar-refractivity contribution in [2.45, 2.75) is 19.6 Å². The van der Waals surface area contributed by atoms with Crippen molar-refractivity contribution < 1.29 is 9.52 Å². The summed E-state index contributed by atoms with van der Waals surface area (Å²) in [5.41, 5.74) is 7.10. The van der Waals surface area contributed by atoms with Crippen molar-refractivity contribution in [2.24, 2.45) is 0 Å². The van der Waals surface area contributed by atoms with Gasteiger partial charge in [0.25, 0.3) is 0 Å². The molecule has 0 aliphatic carbocycles. The largest absolute Gasteiger partial charge is 0.472 e. The molecular formula is C24H20N8O2. The smallest absolute Gasteiger partial charge is 0.159 e. The number of rotatable bonds is 6. The Morgan fingerprint density at radius 2 is 1.97 bits per heavy atom. The zero-order valence-electron chi connectivity index (χ0n) is 18.1. The molecule has 6 aromatic heterocycles. The molecule has 0 saturated heterocycles. The second kappa shape index (κ2) is 8.09. The van der Waals surface area contributed by atoms with Crippen molar-refractivity contribution in [1.82, 2.24) is 35.1 Å². The third-order valence-corrected chi connectivity index (χ3v) is 5.65. The van der Waals surface area contributed by atoms with E-state index in [2.05, 4.69) is 35.5 Å². The van der Waals surface area contributed by atoms with Crippen molar-refractivity contribution in [1.29, 1.82) is 0 Å². The summed E-state index contributed by atoms with van der Waals surface area (Å²) < 4.78 is 5.23. The summed E-state index contributed by atoms with van der Waals surface area (Å²) in [6, 6.07) is 5.74. The molecule has 0 aromatic carbocycles. The summed E-state index contributed by atoms with van der Waals surface area (Å²) in [5.74, 6) is 0.621. The Kier molecular flexibility index (Phi) is 4.77. The topological polar surface area (TPSA) is 141 Å². The van der Waals surface area contributed by atoms with E-state index in [-0.39, 0.29) is 0 Å². The van der Waals surface area contributed by atoms with Gasteiger partial charge in [-0.25, -0.2) is 4.98 Å². The van der Waals surface area contributed by atoms with E-state index >= 15 is 0 Å². The zero-order valence-corrected chi connectivity index (χ0v) is 18.1. The van der Waals surface area contributed by atoms with Gasteiger partial charge < -0.3 is 19.8 Å². The highest BCUT2D eigenvalue weighted by molar-refractivity contribution is 5.97. The number of H-pyrrole nitrogens is 2. The van der Waals surface area contributed by atoms with Crippen LogP contribution in [0.2, 0.25) is 0 Å². The molecule has 0 spiro atoms. The van der Waals surface area contributed by atoms with Gasteiger partial charge in [0.1, 0.15) is 17.4 Å². The highest BCUT2D eigenvalue weighted by atomic mass is 16.3. The number of hydrogen-bond donors (Lipinski definition) is 4. The molecule has 6 aromatic rings. The van der Waals surface area contributed by atoms with Crippen molar-refractivity contribution in [2.75, 3.05) is 5.32 Å². The first-order valence-electron chi connectivity index (χ1n) is 10.8. The molecule has 1 unspecified atom stereocenters. The lowest BCUT2D eigenvalue weighted by molar-refractivity contribution is 0.199. The average molecular weight is 452 g/mol. The number of aromatic amines is 2. The molecule has 10 nitrogen and oxygen atoms in total. The number of furan rings is 1. The van der Waals surface area contributed by atoms with Gasteiger partial charge >= 0.3 is 0 Å². The van der Waals surface area contributed by atoms with E-state index in [0.717, 1.165) is 50.0 Å². The molecular weight excluding hydrogens is 432 g/mol. The Balaban J connectivity index is 1.43. The van der Waals surface area contributed by atoms with Gasteiger partial charge in [0, 0.05) is 34.5 Å². The van der Waals surface area contributed by atoms with E-state index in [1.54, 1.807) is 43.5 Å². The van der Waals surface area contributed by atoms with Crippen LogP contribution in [0.25, 0.3) is 55.8 Å². The average Bonchev–Trinajstić information content (AvgIpc) is 3.62. The van der Waals surface area contributed by atoms with Crippen LogP contribution >= 0.6 is 0 Å². The summed E-state index contributed by atoms with van der Waals surface area (Å²) in [6.45, 7) is 1.90. The van der Waals surface area contributed by atoms with Crippen LogP contribution < -0.4 is 5.32 Å². The minimum Gasteiger partial charge on any atom is -0.472 e. The standard InChI is InChI=1S/C24H20N8O2/c1-2-21(33)28-15-5-14(7-25-8-15)18-6-16-19(11-27-18)31-32-23(16)24-29-20-10-26-9-17(22(20)30-24)13-3-4-34-12-13/h3-12,21,28,33H,2H2,1H3,(H,29,30)(H,31,32). The van der Waals surface area contributed by atoms with Gasteiger partial charge in [0.15, 0.2) is 5.82 Å². The fraction of sp³-hybridized carbons (Fsp3) is 0.125. The van der Waals surface area contributed by atoms with E-state index in [1.165, 1.54) is 0 Å². The number of aromatic nitrogens is 7. The lowest BCUT2D eigenvalue weighted by atomic mass is 10.1. The van der Waals surface area contributed by atoms with Gasteiger partial charge in [-0.2, -0.15) is 5.10 Å². The number of nitrogens with one attached hydrogen (secondary N) is 3. The lowest BCUT2D eigenvalue weighted by Crippen LogP contribution is -2.16. The fourth-order valence-corrected chi connectivity index (χ4v) is 3.88. The molecule has 0 saturated carbocycles. The van der Waals surface area contributed by atoms with Gasteiger partial charge in [-0.05, 0) is 24.6 Å². The Morgan fingerprint density at radius 1 is 1.06 bits per heavy atom. The van der Waals surface area contributed by atoms with Crippen molar-refractivity contribution in [3.05, 3.63) is 61.7 Å². The van der Waals surface area contributed by atoms with E-state index < -0.39 is 6.23 Å². The fourth-order valence-electron chi connectivity index (χ4n) is 3.88. The highest BCUT2D eigenvalue weighted by Gasteiger charge is 2.17. The lowest BCUT2D eigenvalue weighted by Gasteiger charge is -2.12. The predicted molar refractivity (Wildman–Crippen MR) is 128 cm³/mol. The Hall–Kier alpha value is -4.57. The first-order chi connectivity index (χ1) is 16.7. The SMILES string of the molecule is CCC(O)Nc1cncc(-c2cc3c(-c4nc5c(-c6ccoc6)cncc5[nH]4)n[nH]c3cn2)c1. The van der Waals surface area contributed by atoms with Gasteiger partial charge in [0.05, 0.1) is 53.5 Å². The summed E-state index contributed by atoms with van der Waals surface area (Å²) in [7, 11) is 0. The number of aliphatic hydroxyl groups excluding tert-OH is 1. The number of anilines is 1. The molecule has 4 N–H and O–H groups in total. The summed E-state index contributed by atoms with van der Waals surface area (Å²) >= 11 is 0. The first kappa shape index (κ1) is 20.1. The van der Waals surface area contributed by atoms with E-state index in [4.69, 9.17) is 9.40 Å². The summed E-state index contributed by atoms with van der Waals surface area (Å²) in [4.78, 5) is 21.3. The summed E-state index contributed by atoms with van der Waals surface area (Å²) in [5, 5.41) is 21.3. The predicted octanol–water partition coefficient (Wildman–Crippen LogP) is 4.36. The summed E-state index contributed by atoms with van der Waals surface area (Å²) in [6.07, 6.45) is 11.9. The molecule has 0 fully saturated rings. The Morgan fingerprint density at radius 3 is 2.82 bits per heavy atom. The molecule has 10 heteroatoms. The van der Waals surface area contributed by atoms with Crippen LogP contribution in [0.15, 0.2) is 66.1 Å². The quantitative estimate of drug-likeness (QED) is 0.273. The molecule has 0 radical (unpaired) electrons.